The first-order valence-corrected chi connectivity index (χ1v) is 10.2. The third kappa shape index (κ3) is 4.15. The standard InChI is InChI=1S/C23H27FN6/c1-16-4-3-5-20(17(16)2)29-10-12-30(13-11-29)23-21(25)22(27-15-28-23)26-14-18-6-8-19(24)9-7-18/h3-9,15H,10-14,25H2,1-2H3,(H,26,27,28). The minimum atomic E-state index is -0.248. The van der Waals surface area contributed by atoms with Crippen molar-refractivity contribution in [2.75, 3.05) is 47.0 Å². The summed E-state index contributed by atoms with van der Waals surface area (Å²) in [7, 11) is 0. The zero-order valence-electron chi connectivity index (χ0n) is 17.4. The van der Waals surface area contributed by atoms with Crippen molar-refractivity contribution in [2.45, 2.75) is 20.4 Å². The summed E-state index contributed by atoms with van der Waals surface area (Å²) in [5.74, 6) is 1.11. The summed E-state index contributed by atoms with van der Waals surface area (Å²) in [6.07, 6.45) is 1.54. The van der Waals surface area contributed by atoms with Crippen LogP contribution in [0, 0.1) is 19.7 Å². The van der Waals surface area contributed by atoms with Crippen LogP contribution in [0.25, 0.3) is 0 Å². The molecule has 3 aromatic rings. The second-order valence-electron chi connectivity index (χ2n) is 7.63. The molecule has 0 amide bonds. The van der Waals surface area contributed by atoms with Crippen molar-refractivity contribution in [1.82, 2.24) is 9.97 Å². The highest BCUT2D eigenvalue weighted by Gasteiger charge is 2.22. The van der Waals surface area contributed by atoms with Gasteiger partial charge in [0.15, 0.2) is 11.6 Å². The third-order valence-corrected chi connectivity index (χ3v) is 5.73. The van der Waals surface area contributed by atoms with Gasteiger partial charge in [-0.2, -0.15) is 0 Å². The fraction of sp³-hybridized carbons (Fsp3) is 0.304. The van der Waals surface area contributed by atoms with Gasteiger partial charge >= 0.3 is 0 Å². The molecule has 30 heavy (non-hydrogen) atoms. The van der Waals surface area contributed by atoms with Gasteiger partial charge in [0.1, 0.15) is 17.8 Å². The van der Waals surface area contributed by atoms with Gasteiger partial charge in [-0.25, -0.2) is 14.4 Å². The lowest BCUT2D eigenvalue weighted by Gasteiger charge is -2.38. The van der Waals surface area contributed by atoms with E-state index in [4.69, 9.17) is 5.73 Å². The summed E-state index contributed by atoms with van der Waals surface area (Å²) in [5.41, 5.74) is 11.8. The smallest absolute Gasteiger partial charge is 0.157 e. The van der Waals surface area contributed by atoms with E-state index in [1.807, 2.05) is 0 Å². The van der Waals surface area contributed by atoms with Crippen LogP contribution in [0.4, 0.5) is 27.4 Å². The molecule has 2 heterocycles. The number of nitrogens with one attached hydrogen (secondary N) is 1. The largest absolute Gasteiger partial charge is 0.393 e. The fourth-order valence-electron chi connectivity index (χ4n) is 3.80. The molecule has 0 unspecified atom stereocenters. The predicted molar refractivity (Wildman–Crippen MR) is 121 cm³/mol. The molecular weight excluding hydrogens is 379 g/mol. The number of nitrogen functional groups attached to an aromatic ring is 1. The van der Waals surface area contributed by atoms with E-state index in [0.29, 0.717) is 18.1 Å². The Morgan fingerprint density at radius 2 is 1.67 bits per heavy atom. The van der Waals surface area contributed by atoms with Gasteiger partial charge in [0, 0.05) is 38.4 Å². The van der Waals surface area contributed by atoms with Gasteiger partial charge in [-0.05, 0) is 48.7 Å². The number of aromatic nitrogens is 2. The van der Waals surface area contributed by atoms with Crippen LogP contribution in [-0.2, 0) is 6.54 Å². The Kier molecular flexibility index (Phi) is 5.70. The summed E-state index contributed by atoms with van der Waals surface area (Å²) in [6, 6.07) is 12.8. The van der Waals surface area contributed by atoms with Crippen LogP contribution in [-0.4, -0.2) is 36.1 Å². The van der Waals surface area contributed by atoms with Gasteiger partial charge in [0.25, 0.3) is 0 Å². The molecule has 156 valence electrons. The lowest BCUT2D eigenvalue weighted by atomic mass is 10.1. The highest BCUT2D eigenvalue weighted by atomic mass is 19.1. The molecule has 7 heteroatoms. The zero-order valence-corrected chi connectivity index (χ0v) is 17.4. The maximum atomic E-state index is 13.1. The van der Waals surface area contributed by atoms with E-state index in [-0.39, 0.29) is 5.82 Å². The number of rotatable bonds is 5. The van der Waals surface area contributed by atoms with E-state index in [2.05, 4.69) is 57.1 Å². The SMILES string of the molecule is Cc1cccc(N2CCN(c3ncnc(NCc4ccc(F)cc4)c3N)CC2)c1C. The Morgan fingerprint density at radius 3 is 2.40 bits per heavy atom. The van der Waals surface area contributed by atoms with Crippen molar-refractivity contribution < 1.29 is 4.39 Å². The monoisotopic (exact) mass is 406 g/mol. The molecule has 3 N–H and O–H groups in total. The van der Waals surface area contributed by atoms with Crippen LogP contribution in [0.5, 0.6) is 0 Å². The van der Waals surface area contributed by atoms with E-state index in [1.54, 1.807) is 12.1 Å². The number of piperazine rings is 1. The lowest BCUT2D eigenvalue weighted by molar-refractivity contribution is 0.627. The third-order valence-electron chi connectivity index (χ3n) is 5.73. The van der Waals surface area contributed by atoms with Crippen molar-refractivity contribution in [2.24, 2.45) is 0 Å². The molecule has 2 aromatic carbocycles. The van der Waals surface area contributed by atoms with Gasteiger partial charge in [-0.15, -0.1) is 0 Å². The summed E-state index contributed by atoms with van der Waals surface area (Å²) in [6.45, 7) is 8.34. The fourth-order valence-corrected chi connectivity index (χ4v) is 3.80. The highest BCUT2D eigenvalue weighted by Crippen LogP contribution is 2.29. The Hall–Kier alpha value is -3.35. The average Bonchev–Trinajstić information content (AvgIpc) is 2.76. The number of nitrogens with two attached hydrogens (primary N) is 1. The van der Waals surface area contributed by atoms with Gasteiger partial charge < -0.3 is 20.9 Å². The molecule has 1 fully saturated rings. The number of benzene rings is 2. The molecule has 6 nitrogen and oxygen atoms in total. The first kappa shape index (κ1) is 19.9. The predicted octanol–water partition coefficient (Wildman–Crippen LogP) is 3.75. The Balaban J connectivity index is 1.43. The normalized spacial score (nSPS) is 14.1. The van der Waals surface area contributed by atoms with Crippen molar-refractivity contribution in [3.63, 3.8) is 0 Å². The Bertz CT molecular complexity index is 1010. The van der Waals surface area contributed by atoms with E-state index >= 15 is 0 Å². The number of hydrogen-bond donors (Lipinski definition) is 2. The minimum Gasteiger partial charge on any atom is -0.393 e. The van der Waals surface area contributed by atoms with Crippen LogP contribution >= 0.6 is 0 Å². The second kappa shape index (κ2) is 8.57. The second-order valence-corrected chi connectivity index (χ2v) is 7.63. The maximum Gasteiger partial charge on any atom is 0.157 e. The Labute approximate surface area is 176 Å². The summed E-state index contributed by atoms with van der Waals surface area (Å²) in [4.78, 5) is 13.4. The summed E-state index contributed by atoms with van der Waals surface area (Å²) >= 11 is 0. The van der Waals surface area contributed by atoms with Gasteiger partial charge in [0.2, 0.25) is 0 Å². The molecule has 0 bridgehead atoms. The van der Waals surface area contributed by atoms with Crippen molar-refractivity contribution in [1.29, 1.82) is 0 Å². The van der Waals surface area contributed by atoms with Crippen molar-refractivity contribution >= 4 is 23.0 Å². The minimum absolute atomic E-state index is 0.248. The van der Waals surface area contributed by atoms with E-state index in [9.17, 15) is 4.39 Å². The van der Waals surface area contributed by atoms with Crippen molar-refractivity contribution in [3.8, 4) is 0 Å². The van der Waals surface area contributed by atoms with Crippen molar-refractivity contribution in [3.05, 3.63) is 71.3 Å². The first-order valence-electron chi connectivity index (χ1n) is 10.2. The highest BCUT2D eigenvalue weighted by molar-refractivity contribution is 5.75. The molecule has 1 saturated heterocycles. The number of halogens is 1. The lowest BCUT2D eigenvalue weighted by Crippen LogP contribution is -2.47. The number of nitrogens with zero attached hydrogens (tertiary/aromatic N) is 4. The van der Waals surface area contributed by atoms with E-state index in [1.165, 1.54) is 35.3 Å². The molecule has 0 radical (unpaired) electrons. The summed E-state index contributed by atoms with van der Waals surface area (Å²) < 4.78 is 13.1. The van der Waals surface area contributed by atoms with Crippen LogP contribution in [0.3, 0.4) is 0 Å². The molecule has 0 saturated carbocycles. The maximum absolute atomic E-state index is 13.1. The van der Waals surface area contributed by atoms with Gasteiger partial charge in [-0.3, -0.25) is 0 Å². The Morgan fingerprint density at radius 1 is 0.967 bits per heavy atom. The molecule has 1 aliphatic rings. The molecule has 0 spiro atoms. The molecule has 4 rings (SSSR count). The zero-order chi connectivity index (χ0) is 21.1. The first-order chi connectivity index (χ1) is 14.5. The molecule has 0 aliphatic carbocycles. The quantitative estimate of drug-likeness (QED) is 0.672. The topological polar surface area (TPSA) is 70.3 Å². The molecular formula is C23H27FN6. The van der Waals surface area contributed by atoms with Gasteiger partial charge in [-0.1, -0.05) is 24.3 Å². The van der Waals surface area contributed by atoms with Crippen LogP contribution in [0.1, 0.15) is 16.7 Å². The number of aryl methyl sites for hydroxylation is 1. The van der Waals surface area contributed by atoms with Crippen LogP contribution in [0.2, 0.25) is 0 Å². The average molecular weight is 407 g/mol. The van der Waals surface area contributed by atoms with Gasteiger partial charge in [0.05, 0.1) is 0 Å². The van der Waals surface area contributed by atoms with Crippen LogP contribution in [0.15, 0.2) is 48.8 Å². The van der Waals surface area contributed by atoms with Crippen LogP contribution < -0.4 is 20.9 Å². The molecule has 0 atom stereocenters. The van der Waals surface area contributed by atoms with E-state index in [0.717, 1.165) is 37.6 Å². The molecule has 1 aromatic heterocycles. The van der Waals surface area contributed by atoms with E-state index < -0.39 is 0 Å². The molecule has 1 aliphatic heterocycles. The summed E-state index contributed by atoms with van der Waals surface area (Å²) in [5, 5.41) is 3.24. The number of anilines is 4. The number of hydrogen-bond acceptors (Lipinski definition) is 6.